The Kier molecular flexibility index (Phi) is 5.38. The molecule has 132 valence electrons. The molecule has 1 unspecified atom stereocenters. The summed E-state index contributed by atoms with van der Waals surface area (Å²) < 4.78 is 5.89. The first-order valence-corrected chi connectivity index (χ1v) is 8.60. The number of amides is 2. The summed E-state index contributed by atoms with van der Waals surface area (Å²) in [7, 11) is 2.01. The second kappa shape index (κ2) is 7.88. The van der Waals surface area contributed by atoms with Crippen molar-refractivity contribution in [3.63, 3.8) is 0 Å². The zero-order valence-corrected chi connectivity index (χ0v) is 14.7. The van der Waals surface area contributed by atoms with Gasteiger partial charge in [0.2, 0.25) is 0 Å². The minimum atomic E-state index is -0.0887. The highest BCUT2D eigenvalue weighted by Crippen LogP contribution is 2.25. The predicted octanol–water partition coefficient (Wildman–Crippen LogP) is 3.22. The number of urea groups is 1. The zero-order valence-electron chi connectivity index (χ0n) is 14.7. The summed E-state index contributed by atoms with van der Waals surface area (Å²) in [5.74, 6) is 0.740. The van der Waals surface area contributed by atoms with Gasteiger partial charge in [0.15, 0.2) is 0 Å². The Morgan fingerprint density at radius 2 is 2.20 bits per heavy atom. The maximum Gasteiger partial charge on any atom is 0.322 e. The maximum atomic E-state index is 12.6. The van der Waals surface area contributed by atoms with Gasteiger partial charge in [0, 0.05) is 32.8 Å². The summed E-state index contributed by atoms with van der Waals surface area (Å²) in [5, 5.41) is 3.03. The van der Waals surface area contributed by atoms with Gasteiger partial charge in [0.25, 0.3) is 0 Å². The Bertz CT molecular complexity index is 708. The Morgan fingerprint density at radius 3 is 2.96 bits per heavy atom. The summed E-state index contributed by atoms with van der Waals surface area (Å²) in [5.41, 5.74) is 1.84. The SMILES string of the molecule is CCN(C)c1ccccc1NC(=O)N1CCC(Oc2cccnc2)C1. The van der Waals surface area contributed by atoms with E-state index < -0.39 is 0 Å². The average Bonchev–Trinajstić information content (AvgIpc) is 3.11. The number of nitrogens with one attached hydrogen (secondary N) is 1. The third kappa shape index (κ3) is 4.21. The molecule has 0 radical (unpaired) electrons. The summed E-state index contributed by atoms with van der Waals surface area (Å²) in [4.78, 5) is 20.6. The number of rotatable bonds is 5. The van der Waals surface area contributed by atoms with E-state index in [4.69, 9.17) is 4.74 Å². The van der Waals surface area contributed by atoms with E-state index in [1.165, 1.54) is 0 Å². The molecule has 2 aromatic rings. The molecule has 1 aliphatic rings. The number of nitrogens with zero attached hydrogens (tertiary/aromatic N) is 3. The van der Waals surface area contributed by atoms with Gasteiger partial charge in [-0.1, -0.05) is 12.1 Å². The van der Waals surface area contributed by atoms with E-state index in [1.807, 2.05) is 43.4 Å². The Labute approximate surface area is 148 Å². The summed E-state index contributed by atoms with van der Waals surface area (Å²) in [6.45, 7) is 4.21. The first kappa shape index (κ1) is 17.1. The lowest BCUT2D eigenvalue weighted by Gasteiger charge is -2.23. The Morgan fingerprint density at radius 1 is 1.36 bits per heavy atom. The molecule has 0 spiro atoms. The van der Waals surface area contributed by atoms with Gasteiger partial charge >= 0.3 is 6.03 Å². The molecule has 6 heteroatoms. The van der Waals surface area contributed by atoms with Gasteiger partial charge < -0.3 is 19.9 Å². The lowest BCUT2D eigenvalue weighted by atomic mass is 10.2. The van der Waals surface area contributed by atoms with Crippen LogP contribution < -0.4 is 15.0 Å². The molecule has 0 aliphatic carbocycles. The van der Waals surface area contributed by atoms with Crippen LogP contribution in [0.2, 0.25) is 0 Å². The van der Waals surface area contributed by atoms with Crippen molar-refractivity contribution >= 4 is 17.4 Å². The fraction of sp³-hybridized carbons (Fsp3) is 0.368. The molecule has 2 heterocycles. The second-order valence-electron chi connectivity index (χ2n) is 6.12. The van der Waals surface area contributed by atoms with Crippen LogP contribution in [-0.4, -0.2) is 48.7 Å². The van der Waals surface area contributed by atoms with Gasteiger partial charge in [-0.2, -0.15) is 0 Å². The number of carbonyl (C=O) groups is 1. The van der Waals surface area contributed by atoms with Gasteiger partial charge in [-0.25, -0.2) is 4.79 Å². The summed E-state index contributed by atoms with van der Waals surface area (Å²) >= 11 is 0. The van der Waals surface area contributed by atoms with Gasteiger partial charge in [-0.3, -0.25) is 4.98 Å². The summed E-state index contributed by atoms with van der Waals surface area (Å²) in [6.07, 6.45) is 4.23. The smallest absolute Gasteiger partial charge is 0.322 e. The van der Waals surface area contributed by atoms with Crippen LogP contribution in [0.1, 0.15) is 13.3 Å². The van der Waals surface area contributed by atoms with Crippen LogP contribution in [0.25, 0.3) is 0 Å². The van der Waals surface area contributed by atoms with E-state index in [-0.39, 0.29) is 12.1 Å². The highest BCUT2D eigenvalue weighted by Gasteiger charge is 2.28. The molecule has 1 aliphatic heterocycles. The van der Waals surface area contributed by atoms with Crippen LogP contribution in [0.3, 0.4) is 0 Å². The van der Waals surface area contributed by atoms with Gasteiger partial charge in [0.05, 0.1) is 24.1 Å². The van der Waals surface area contributed by atoms with Gasteiger partial charge in [0.1, 0.15) is 11.9 Å². The molecule has 3 rings (SSSR count). The number of anilines is 2. The molecule has 25 heavy (non-hydrogen) atoms. The van der Waals surface area contributed by atoms with Crippen molar-refractivity contribution in [2.75, 3.05) is 36.9 Å². The van der Waals surface area contributed by atoms with Crippen molar-refractivity contribution in [3.8, 4) is 5.75 Å². The average molecular weight is 340 g/mol. The van der Waals surface area contributed by atoms with Crippen LogP contribution in [0.4, 0.5) is 16.2 Å². The number of pyridine rings is 1. The maximum absolute atomic E-state index is 12.6. The van der Waals surface area contributed by atoms with Gasteiger partial charge in [-0.05, 0) is 31.2 Å². The van der Waals surface area contributed by atoms with E-state index in [0.29, 0.717) is 13.1 Å². The molecule has 0 bridgehead atoms. The number of likely N-dealkylation sites (tertiary alicyclic amines) is 1. The number of benzene rings is 1. The molecule has 6 nitrogen and oxygen atoms in total. The minimum Gasteiger partial charge on any atom is -0.487 e. The van der Waals surface area contributed by atoms with Crippen molar-refractivity contribution in [1.29, 1.82) is 0 Å². The molecule has 1 aromatic heterocycles. The first-order valence-electron chi connectivity index (χ1n) is 8.60. The van der Waals surface area contributed by atoms with Crippen LogP contribution in [0.15, 0.2) is 48.8 Å². The number of hydrogen-bond acceptors (Lipinski definition) is 4. The van der Waals surface area contributed by atoms with Crippen molar-refractivity contribution in [1.82, 2.24) is 9.88 Å². The third-order valence-corrected chi connectivity index (χ3v) is 4.40. The third-order valence-electron chi connectivity index (χ3n) is 4.40. The van der Waals surface area contributed by atoms with E-state index >= 15 is 0 Å². The first-order chi connectivity index (χ1) is 12.2. The number of aromatic nitrogens is 1. The summed E-state index contributed by atoms with van der Waals surface area (Å²) in [6, 6.07) is 11.5. The number of para-hydroxylation sites is 2. The lowest BCUT2D eigenvalue weighted by molar-refractivity contribution is 0.194. The van der Waals surface area contributed by atoms with Crippen LogP contribution in [0, 0.1) is 0 Å². The normalized spacial score (nSPS) is 16.6. The molecule has 0 saturated carbocycles. The topological polar surface area (TPSA) is 57.7 Å². The minimum absolute atomic E-state index is 0.00325. The second-order valence-corrected chi connectivity index (χ2v) is 6.12. The van der Waals surface area contributed by atoms with Crippen molar-refractivity contribution < 1.29 is 9.53 Å². The Hall–Kier alpha value is -2.76. The van der Waals surface area contributed by atoms with Gasteiger partial charge in [-0.15, -0.1) is 0 Å². The fourth-order valence-corrected chi connectivity index (χ4v) is 2.89. The molecular weight excluding hydrogens is 316 g/mol. The van der Waals surface area contributed by atoms with Crippen LogP contribution >= 0.6 is 0 Å². The molecule has 1 fully saturated rings. The van der Waals surface area contributed by atoms with E-state index in [1.54, 1.807) is 17.3 Å². The number of carbonyl (C=O) groups excluding carboxylic acids is 1. The van der Waals surface area contributed by atoms with E-state index in [2.05, 4.69) is 22.1 Å². The zero-order chi connectivity index (χ0) is 17.6. The van der Waals surface area contributed by atoms with Crippen LogP contribution in [-0.2, 0) is 0 Å². The monoisotopic (exact) mass is 340 g/mol. The van der Waals surface area contributed by atoms with Crippen molar-refractivity contribution in [2.24, 2.45) is 0 Å². The number of hydrogen-bond donors (Lipinski definition) is 1. The van der Waals surface area contributed by atoms with E-state index in [0.717, 1.165) is 30.1 Å². The standard InChI is InChI=1S/C19H24N4O2/c1-3-22(2)18-9-5-4-8-17(18)21-19(24)23-12-10-16(14-23)25-15-7-6-11-20-13-15/h4-9,11,13,16H,3,10,12,14H2,1-2H3,(H,21,24). The predicted molar refractivity (Wildman–Crippen MR) is 99.2 cm³/mol. The largest absolute Gasteiger partial charge is 0.487 e. The highest BCUT2D eigenvalue weighted by molar-refractivity contribution is 5.93. The quantitative estimate of drug-likeness (QED) is 0.908. The lowest BCUT2D eigenvalue weighted by Crippen LogP contribution is -2.35. The molecule has 2 amide bonds. The molecule has 1 aromatic carbocycles. The highest BCUT2D eigenvalue weighted by atomic mass is 16.5. The van der Waals surface area contributed by atoms with Crippen molar-refractivity contribution in [3.05, 3.63) is 48.8 Å². The van der Waals surface area contributed by atoms with Crippen LogP contribution in [0.5, 0.6) is 5.75 Å². The molecule has 1 saturated heterocycles. The van der Waals surface area contributed by atoms with Crippen molar-refractivity contribution in [2.45, 2.75) is 19.4 Å². The molecule has 1 atom stereocenters. The molecule has 1 N–H and O–H groups in total. The number of ether oxygens (including phenoxy) is 1. The molecular formula is C19H24N4O2. The van der Waals surface area contributed by atoms with E-state index in [9.17, 15) is 4.79 Å². The Balaban J connectivity index is 1.60. The fourth-order valence-electron chi connectivity index (χ4n) is 2.89.